The van der Waals surface area contributed by atoms with Crippen LogP contribution >= 0.6 is 0 Å². The molecule has 1 rings (SSSR count). The van der Waals surface area contributed by atoms with Crippen LogP contribution in [0.2, 0.25) is 0 Å². The van der Waals surface area contributed by atoms with Crippen molar-refractivity contribution in [2.45, 2.75) is 19.9 Å². The Morgan fingerprint density at radius 2 is 2.38 bits per heavy atom. The van der Waals surface area contributed by atoms with E-state index in [1.54, 1.807) is 6.08 Å². The first-order valence-corrected chi connectivity index (χ1v) is 4.52. The topological polar surface area (TPSA) is 41.8 Å². The first-order valence-electron chi connectivity index (χ1n) is 4.52. The van der Waals surface area contributed by atoms with Gasteiger partial charge in [-0.2, -0.15) is 0 Å². The average Bonchev–Trinajstić information content (AvgIpc) is 2.50. The summed E-state index contributed by atoms with van der Waals surface area (Å²) < 4.78 is 0. The molecule has 0 amide bonds. The van der Waals surface area contributed by atoms with Gasteiger partial charge in [0.25, 0.3) is 0 Å². The minimum Gasteiger partial charge on any atom is -0.357 e. The highest BCUT2D eigenvalue weighted by molar-refractivity contribution is 5.37. The molecular formula is C11H16N2. The Labute approximate surface area is 78.5 Å². The number of hydrogen-bond donors (Lipinski definition) is 2. The second-order valence-electron chi connectivity index (χ2n) is 2.88. The molecule has 0 aliphatic carbocycles. The zero-order valence-corrected chi connectivity index (χ0v) is 8.01. The molecule has 0 unspecified atom stereocenters. The van der Waals surface area contributed by atoms with Gasteiger partial charge in [0.05, 0.1) is 0 Å². The summed E-state index contributed by atoms with van der Waals surface area (Å²) in [6.45, 7) is 6.34. The Kier molecular flexibility index (Phi) is 3.53. The molecule has 0 atom stereocenters. The Morgan fingerprint density at radius 1 is 1.62 bits per heavy atom. The van der Waals surface area contributed by atoms with Crippen molar-refractivity contribution >= 4 is 12.2 Å². The number of aromatic nitrogens is 1. The summed E-state index contributed by atoms with van der Waals surface area (Å²) in [5, 5.41) is 2.31. The summed E-state index contributed by atoms with van der Waals surface area (Å²) in [6, 6.07) is 2.08. The molecule has 1 aromatic rings. The molecule has 0 radical (unpaired) electrons. The zero-order valence-electron chi connectivity index (χ0n) is 8.01. The van der Waals surface area contributed by atoms with Crippen LogP contribution in [0.5, 0.6) is 0 Å². The molecular weight excluding hydrogens is 160 g/mol. The van der Waals surface area contributed by atoms with Crippen molar-refractivity contribution in [1.29, 1.82) is 0 Å². The maximum absolute atomic E-state index is 5.54. The fourth-order valence-electron chi connectivity index (χ4n) is 1.30. The van der Waals surface area contributed by atoms with Crippen LogP contribution in [0.3, 0.4) is 0 Å². The summed E-state index contributed by atoms with van der Waals surface area (Å²) in [4.78, 5) is 3.23. The van der Waals surface area contributed by atoms with E-state index in [0.29, 0.717) is 6.54 Å². The maximum atomic E-state index is 5.54. The summed E-state index contributed by atoms with van der Waals surface area (Å²) >= 11 is 0. The molecule has 0 aromatic carbocycles. The van der Waals surface area contributed by atoms with Gasteiger partial charge in [0.2, 0.25) is 0 Å². The maximum Gasteiger partial charge on any atom is 0.0452 e. The summed E-state index contributed by atoms with van der Waals surface area (Å²) in [5.41, 5.74) is 6.60. The van der Waals surface area contributed by atoms with E-state index in [-0.39, 0.29) is 0 Å². The predicted octanol–water partition coefficient (Wildman–Crippen LogP) is 0.630. The van der Waals surface area contributed by atoms with Gasteiger partial charge in [0, 0.05) is 17.6 Å². The number of nitrogens with two attached hydrogens (primary N) is 1. The molecule has 3 N–H and O–H groups in total. The quantitative estimate of drug-likeness (QED) is 0.697. The number of H-pyrrole nitrogens is 1. The van der Waals surface area contributed by atoms with Crippen molar-refractivity contribution < 1.29 is 0 Å². The molecule has 0 saturated heterocycles. The van der Waals surface area contributed by atoms with Crippen LogP contribution in [0, 0.1) is 0 Å². The summed E-state index contributed by atoms with van der Waals surface area (Å²) in [5.74, 6) is 0. The SMILES string of the molecule is C=C/C=c1/[nH]c(CN)c/c1=C/CC. The standard InChI is InChI=1S/C11H16N2/c1-3-5-9-7-10(8-12)13-11(9)6-4-2/h4-7,13H,2-3,8,12H2,1H3/b9-5-,11-6+. The highest BCUT2D eigenvalue weighted by Gasteiger charge is 1.92. The molecule has 0 aliphatic rings. The van der Waals surface area contributed by atoms with Gasteiger partial charge in [-0.05, 0) is 23.8 Å². The van der Waals surface area contributed by atoms with Gasteiger partial charge in [-0.15, -0.1) is 0 Å². The second kappa shape index (κ2) is 4.67. The van der Waals surface area contributed by atoms with Gasteiger partial charge >= 0.3 is 0 Å². The third kappa shape index (κ3) is 2.33. The van der Waals surface area contributed by atoms with Crippen LogP contribution in [0.15, 0.2) is 18.7 Å². The van der Waals surface area contributed by atoms with Crippen molar-refractivity contribution in [3.63, 3.8) is 0 Å². The molecule has 1 heterocycles. The van der Waals surface area contributed by atoms with Gasteiger partial charge in [-0.1, -0.05) is 25.7 Å². The van der Waals surface area contributed by atoms with E-state index in [1.165, 1.54) is 5.22 Å². The van der Waals surface area contributed by atoms with E-state index in [0.717, 1.165) is 17.5 Å². The highest BCUT2D eigenvalue weighted by Crippen LogP contribution is 1.84. The highest BCUT2D eigenvalue weighted by atomic mass is 14.7. The fourth-order valence-corrected chi connectivity index (χ4v) is 1.30. The van der Waals surface area contributed by atoms with Gasteiger partial charge in [0.15, 0.2) is 0 Å². The van der Waals surface area contributed by atoms with E-state index >= 15 is 0 Å². The minimum absolute atomic E-state index is 0.551. The Morgan fingerprint density at radius 3 is 2.92 bits per heavy atom. The molecule has 0 saturated carbocycles. The smallest absolute Gasteiger partial charge is 0.0452 e. The van der Waals surface area contributed by atoms with E-state index in [2.05, 4.69) is 30.6 Å². The lowest BCUT2D eigenvalue weighted by Crippen LogP contribution is -2.21. The van der Waals surface area contributed by atoms with Crippen molar-refractivity contribution in [1.82, 2.24) is 4.98 Å². The molecule has 70 valence electrons. The second-order valence-corrected chi connectivity index (χ2v) is 2.88. The first-order chi connectivity index (χ1) is 6.31. The molecule has 2 nitrogen and oxygen atoms in total. The van der Waals surface area contributed by atoms with Gasteiger partial charge in [-0.3, -0.25) is 0 Å². The van der Waals surface area contributed by atoms with Gasteiger partial charge in [0.1, 0.15) is 0 Å². The van der Waals surface area contributed by atoms with Crippen LogP contribution < -0.4 is 16.3 Å². The Balaban J connectivity index is 3.32. The first kappa shape index (κ1) is 9.81. The van der Waals surface area contributed by atoms with Gasteiger partial charge < -0.3 is 10.7 Å². The van der Waals surface area contributed by atoms with Crippen LogP contribution in [-0.2, 0) is 6.54 Å². The van der Waals surface area contributed by atoms with Crippen LogP contribution in [0.1, 0.15) is 19.0 Å². The van der Waals surface area contributed by atoms with E-state index < -0.39 is 0 Å². The number of aromatic amines is 1. The Bertz CT molecular complexity index is 385. The number of rotatable bonds is 3. The molecule has 2 heteroatoms. The lowest BCUT2D eigenvalue weighted by Gasteiger charge is -1.83. The van der Waals surface area contributed by atoms with Crippen LogP contribution in [0.25, 0.3) is 12.2 Å². The van der Waals surface area contributed by atoms with Crippen LogP contribution in [-0.4, -0.2) is 4.98 Å². The summed E-state index contributed by atoms with van der Waals surface area (Å²) in [7, 11) is 0. The van der Waals surface area contributed by atoms with E-state index in [4.69, 9.17) is 5.73 Å². The monoisotopic (exact) mass is 176 g/mol. The zero-order chi connectivity index (χ0) is 9.68. The van der Waals surface area contributed by atoms with Crippen molar-refractivity contribution in [2.75, 3.05) is 0 Å². The lowest BCUT2D eigenvalue weighted by molar-refractivity contribution is 1.00. The van der Waals surface area contributed by atoms with E-state index in [9.17, 15) is 0 Å². The minimum atomic E-state index is 0.551. The molecule has 1 aromatic heterocycles. The largest absolute Gasteiger partial charge is 0.357 e. The number of nitrogens with one attached hydrogen (secondary N) is 1. The summed E-state index contributed by atoms with van der Waals surface area (Å²) in [6.07, 6.45) is 6.94. The molecule has 0 bridgehead atoms. The van der Waals surface area contributed by atoms with Crippen molar-refractivity contribution in [3.8, 4) is 0 Å². The molecule has 0 aliphatic heterocycles. The van der Waals surface area contributed by atoms with Crippen LogP contribution in [0.4, 0.5) is 0 Å². The number of hydrogen-bond acceptors (Lipinski definition) is 1. The van der Waals surface area contributed by atoms with E-state index in [1.807, 2.05) is 6.08 Å². The van der Waals surface area contributed by atoms with Crippen molar-refractivity contribution in [3.05, 3.63) is 35.0 Å². The fraction of sp³-hybridized carbons (Fsp3) is 0.273. The lowest BCUT2D eigenvalue weighted by atomic mass is 10.3. The third-order valence-electron chi connectivity index (χ3n) is 1.86. The number of allylic oxidation sites excluding steroid dienone is 1. The molecule has 0 spiro atoms. The normalized spacial score (nSPS) is 13.7. The Hall–Kier alpha value is -1.28. The average molecular weight is 176 g/mol. The molecule has 13 heavy (non-hydrogen) atoms. The predicted molar refractivity (Wildman–Crippen MR) is 57.4 cm³/mol. The molecule has 0 fully saturated rings. The van der Waals surface area contributed by atoms with Crippen molar-refractivity contribution in [2.24, 2.45) is 5.73 Å². The van der Waals surface area contributed by atoms with Gasteiger partial charge in [-0.25, -0.2) is 0 Å². The third-order valence-corrected chi connectivity index (χ3v) is 1.86.